The van der Waals surface area contributed by atoms with E-state index in [2.05, 4.69) is 10.2 Å². The first-order valence-electron chi connectivity index (χ1n) is 10.3. The maximum absolute atomic E-state index is 12.8. The second-order valence-electron chi connectivity index (χ2n) is 8.32. The van der Waals surface area contributed by atoms with E-state index < -0.39 is 17.9 Å². The van der Waals surface area contributed by atoms with E-state index in [9.17, 15) is 19.2 Å². The van der Waals surface area contributed by atoms with Crippen LogP contribution in [0.4, 0.5) is 0 Å². The lowest BCUT2D eigenvalue weighted by Gasteiger charge is -2.31. The molecule has 2 fully saturated rings. The summed E-state index contributed by atoms with van der Waals surface area (Å²) in [5.41, 5.74) is 2.23. The van der Waals surface area contributed by atoms with Gasteiger partial charge in [0.05, 0.1) is 11.0 Å². The highest BCUT2D eigenvalue weighted by atomic mass is 16.4. The van der Waals surface area contributed by atoms with Crippen LogP contribution in [0.1, 0.15) is 43.7 Å². The van der Waals surface area contributed by atoms with E-state index in [0.29, 0.717) is 11.9 Å². The monoisotopic (exact) mass is 414 g/mol. The molecule has 9 heteroatoms. The number of carbonyl (C=O) groups excluding carboxylic acids is 2. The van der Waals surface area contributed by atoms with E-state index in [0.717, 1.165) is 43.6 Å². The fourth-order valence-corrected chi connectivity index (χ4v) is 4.59. The number of aromatic nitrogens is 2. The molecule has 2 aromatic rings. The number of carboxylic acid groups (broad SMARTS) is 1. The molecule has 1 unspecified atom stereocenters. The second-order valence-corrected chi connectivity index (χ2v) is 8.32. The Morgan fingerprint density at radius 1 is 1.13 bits per heavy atom. The Kier molecular flexibility index (Phi) is 5.46. The van der Waals surface area contributed by atoms with Gasteiger partial charge in [-0.2, -0.15) is 0 Å². The first-order chi connectivity index (χ1) is 14.3. The number of nitrogens with one attached hydrogen (secondary N) is 1. The van der Waals surface area contributed by atoms with Gasteiger partial charge in [-0.1, -0.05) is 6.07 Å². The lowest BCUT2D eigenvalue weighted by atomic mass is 9.93. The summed E-state index contributed by atoms with van der Waals surface area (Å²) in [6, 6.07) is 5.13. The van der Waals surface area contributed by atoms with Gasteiger partial charge < -0.3 is 5.11 Å². The number of imide groups is 1. The highest BCUT2D eigenvalue weighted by molar-refractivity contribution is 6.00. The molecule has 0 aliphatic carbocycles. The molecule has 4 rings (SSSR count). The molecule has 30 heavy (non-hydrogen) atoms. The minimum Gasteiger partial charge on any atom is -0.481 e. The molecular weight excluding hydrogens is 388 g/mol. The summed E-state index contributed by atoms with van der Waals surface area (Å²) in [6.45, 7) is 2.44. The summed E-state index contributed by atoms with van der Waals surface area (Å²) in [7, 11) is 1.69. The Hall–Kier alpha value is -2.94. The zero-order valence-electron chi connectivity index (χ0n) is 17.0. The smallest absolute Gasteiger partial charge is 0.329 e. The van der Waals surface area contributed by atoms with E-state index in [-0.39, 0.29) is 30.4 Å². The molecule has 2 N–H and O–H groups in total. The molecule has 1 aromatic carbocycles. The summed E-state index contributed by atoms with van der Waals surface area (Å²) in [5, 5.41) is 11.3. The second kappa shape index (κ2) is 8.06. The number of aliphatic carboxylic acids is 1. The maximum Gasteiger partial charge on any atom is 0.329 e. The lowest BCUT2D eigenvalue weighted by Crippen LogP contribution is -2.44. The van der Waals surface area contributed by atoms with Crippen molar-refractivity contribution in [2.24, 2.45) is 13.0 Å². The summed E-state index contributed by atoms with van der Waals surface area (Å²) in [4.78, 5) is 49.8. The quantitative estimate of drug-likeness (QED) is 0.706. The molecule has 2 aliphatic heterocycles. The van der Waals surface area contributed by atoms with Gasteiger partial charge in [-0.25, -0.2) is 4.79 Å². The van der Waals surface area contributed by atoms with Crippen molar-refractivity contribution in [2.75, 3.05) is 13.1 Å². The molecule has 1 atom stereocenters. The fourth-order valence-electron chi connectivity index (χ4n) is 4.59. The van der Waals surface area contributed by atoms with Crippen LogP contribution in [-0.2, 0) is 28.0 Å². The van der Waals surface area contributed by atoms with E-state index >= 15 is 0 Å². The van der Waals surface area contributed by atoms with Crippen molar-refractivity contribution in [3.8, 4) is 0 Å². The zero-order chi connectivity index (χ0) is 21.4. The number of benzene rings is 1. The molecule has 0 bridgehead atoms. The van der Waals surface area contributed by atoms with Crippen LogP contribution in [0.2, 0.25) is 0 Å². The average Bonchev–Trinajstić information content (AvgIpc) is 2.94. The number of fused-ring (bicyclic) bond motifs is 1. The molecular formula is C21H26N4O5. The molecule has 0 spiro atoms. The van der Waals surface area contributed by atoms with Gasteiger partial charge >= 0.3 is 11.7 Å². The van der Waals surface area contributed by atoms with E-state index in [1.165, 1.54) is 4.57 Å². The van der Waals surface area contributed by atoms with Crippen LogP contribution in [0.15, 0.2) is 23.0 Å². The Morgan fingerprint density at radius 2 is 1.87 bits per heavy atom. The lowest BCUT2D eigenvalue weighted by molar-refractivity contribution is -0.139. The van der Waals surface area contributed by atoms with E-state index in [1.807, 2.05) is 18.2 Å². The molecule has 9 nitrogen and oxygen atoms in total. The number of amides is 2. The van der Waals surface area contributed by atoms with Crippen molar-refractivity contribution >= 4 is 28.8 Å². The zero-order valence-corrected chi connectivity index (χ0v) is 17.0. The Bertz CT molecular complexity index is 1060. The third-order valence-corrected chi connectivity index (χ3v) is 6.25. The molecule has 2 amide bonds. The van der Waals surface area contributed by atoms with Crippen molar-refractivity contribution in [3.05, 3.63) is 34.2 Å². The molecule has 1 aromatic heterocycles. The fraction of sp³-hybridized carbons (Fsp3) is 0.524. The highest BCUT2D eigenvalue weighted by Gasteiger charge is 2.31. The number of likely N-dealkylation sites (tertiary alicyclic amines) is 1. The molecule has 2 aliphatic rings. The largest absolute Gasteiger partial charge is 0.481 e. The van der Waals surface area contributed by atoms with Gasteiger partial charge in [0.15, 0.2) is 0 Å². The predicted molar refractivity (Wildman–Crippen MR) is 109 cm³/mol. The van der Waals surface area contributed by atoms with Gasteiger partial charge in [0.25, 0.3) is 0 Å². The number of carboxylic acids is 1. The molecule has 0 radical (unpaired) electrons. The standard InChI is InChI=1S/C21H26N4O5/c1-23-17-10-14(12-24-8-6-13(7-9-24)11-19(27)28)2-3-15(17)25(21(23)30)16-4-5-18(26)22-20(16)29/h2-3,10,13,16H,4-9,11-12H2,1H3,(H,27,28)(H,22,26,29). The first kappa shape index (κ1) is 20.3. The van der Waals surface area contributed by atoms with Crippen molar-refractivity contribution in [2.45, 2.75) is 44.7 Å². The number of piperidine rings is 2. The maximum atomic E-state index is 12.8. The van der Waals surface area contributed by atoms with Gasteiger partial charge in [-0.15, -0.1) is 0 Å². The number of imidazole rings is 1. The topological polar surface area (TPSA) is 114 Å². The van der Waals surface area contributed by atoms with Crippen molar-refractivity contribution in [1.29, 1.82) is 0 Å². The predicted octanol–water partition coefficient (Wildman–Crippen LogP) is 1.00. The van der Waals surface area contributed by atoms with Crippen LogP contribution in [0.25, 0.3) is 11.0 Å². The van der Waals surface area contributed by atoms with Crippen molar-refractivity contribution in [3.63, 3.8) is 0 Å². The van der Waals surface area contributed by atoms with Crippen LogP contribution in [0.3, 0.4) is 0 Å². The van der Waals surface area contributed by atoms with Gasteiger partial charge in [-0.05, 0) is 56.0 Å². The summed E-state index contributed by atoms with van der Waals surface area (Å²) >= 11 is 0. The SMILES string of the molecule is Cn1c(=O)n(C2CCC(=O)NC2=O)c2ccc(CN3CCC(CC(=O)O)CC3)cc21. The molecule has 160 valence electrons. The summed E-state index contributed by atoms with van der Waals surface area (Å²) in [6.07, 6.45) is 2.51. The number of aryl methyl sites for hydroxylation is 1. The van der Waals surface area contributed by atoms with Crippen molar-refractivity contribution in [1.82, 2.24) is 19.4 Å². The van der Waals surface area contributed by atoms with E-state index in [1.54, 1.807) is 11.6 Å². The Morgan fingerprint density at radius 3 is 2.53 bits per heavy atom. The average molecular weight is 414 g/mol. The number of hydrogen-bond donors (Lipinski definition) is 2. The molecule has 3 heterocycles. The summed E-state index contributed by atoms with van der Waals surface area (Å²) in [5.74, 6) is -1.24. The molecule has 0 saturated carbocycles. The van der Waals surface area contributed by atoms with Crippen LogP contribution in [0.5, 0.6) is 0 Å². The van der Waals surface area contributed by atoms with E-state index in [4.69, 9.17) is 5.11 Å². The number of hydrogen-bond acceptors (Lipinski definition) is 5. The van der Waals surface area contributed by atoms with Crippen LogP contribution in [0, 0.1) is 5.92 Å². The number of rotatable bonds is 5. The number of nitrogens with zero attached hydrogens (tertiary/aromatic N) is 3. The Labute approximate surface area is 173 Å². The third kappa shape index (κ3) is 3.89. The summed E-state index contributed by atoms with van der Waals surface area (Å²) < 4.78 is 3.03. The highest BCUT2D eigenvalue weighted by Crippen LogP contribution is 2.25. The van der Waals surface area contributed by atoms with Gasteiger partial charge in [0.1, 0.15) is 6.04 Å². The minimum atomic E-state index is -0.736. The van der Waals surface area contributed by atoms with Gasteiger partial charge in [-0.3, -0.25) is 33.7 Å². The third-order valence-electron chi connectivity index (χ3n) is 6.25. The van der Waals surface area contributed by atoms with Gasteiger partial charge in [0, 0.05) is 26.4 Å². The van der Waals surface area contributed by atoms with Crippen molar-refractivity contribution < 1.29 is 19.5 Å². The minimum absolute atomic E-state index is 0.217. The van der Waals surface area contributed by atoms with Crippen LogP contribution in [-0.4, -0.2) is 50.0 Å². The normalized spacial score (nSPS) is 21.2. The number of carbonyl (C=O) groups is 3. The first-order valence-corrected chi connectivity index (χ1v) is 10.3. The molecule has 2 saturated heterocycles. The van der Waals surface area contributed by atoms with Gasteiger partial charge in [0.2, 0.25) is 11.8 Å². The van der Waals surface area contributed by atoms with Crippen LogP contribution < -0.4 is 11.0 Å². The Balaban J connectivity index is 1.54. The van der Waals surface area contributed by atoms with Crippen LogP contribution >= 0.6 is 0 Å².